The molecule has 0 amide bonds. The molecule has 0 nitrogen and oxygen atoms in total. The Morgan fingerprint density at radius 2 is 1.47 bits per heavy atom. The van der Waals surface area contributed by atoms with Crippen molar-refractivity contribution in [2.75, 3.05) is 0 Å². The van der Waals surface area contributed by atoms with Gasteiger partial charge in [0.15, 0.2) is 0 Å². The summed E-state index contributed by atoms with van der Waals surface area (Å²) >= 11 is 0. The fraction of sp³-hybridized carbons (Fsp3) is 0.882. The summed E-state index contributed by atoms with van der Waals surface area (Å²) in [5.74, 6) is 0.755. The highest BCUT2D eigenvalue weighted by atomic mass is 14.5. The zero-order chi connectivity index (χ0) is 13.5. The highest BCUT2D eigenvalue weighted by molar-refractivity contribution is 5.22. The number of hydrogen-bond donors (Lipinski definition) is 0. The van der Waals surface area contributed by atoms with E-state index in [1.165, 1.54) is 19.3 Å². The lowest BCUT2D eigenvalue weighted by molar-refractivity contribution is 0.124. The molecule has 0 bridgehead atoms. The lowest BCUT2D eigenvalue weighted by Gasteiger charge is -2.48. The van der Waals surface area contributed by atoms with Gasteiger partial charge in [-0.2, -0.15) is 0 Å². The van der Waals surface area contributed by atoms with Crippen LogP contribution in [0.15, 0.2) is 11.6 Å². The molecule has 1 aliphatic rings. The van der Waals surface area contributed by atoms with E-state index in [4.69, 9.17) is 0 Å². The first kappa shape index (κ1) is 14.8. The Balaban J connectivity index is 3.14. The van der Waals surface area contributed by atoms with E-state index < -0.39 is 0 Å². The predicted molar refractivity (Wildman–Crippen MR) is 78.1 cm³/mol. The van der Waals surface area contributed by atoms with E-state index in [1.54, 1.807) is 5.57 Å². The third-order valence-electron chi connectivity index (χ3n) is 5.08. The van der Waals surface area contributed by atoms with Crippen LogP contribution in [0, 0.1) is 22.2 Å². The average Bonchev–Trinajstić information content (AvgIpc) is 2.14. The second-order valence-corrected chi connectivity index (χ2v) is 8.38. The van der Waals surface area contributed by atoms with Crippen molar-refractivity contribution in [1.29, 1.82) is 0 Å². The van der Waals surface area contributed by atoms with Crippen molar-refractivity contribution < 1.29 is 0 Å². The lowest BCUT2D eigenvalue weighted by Crippen LogP contribution is -2.39. The van der Waals surface area contributed by atoms with E-state index >= 15 is 0 Å². The number of allylic oxidation sites excluding steroid dienone is 2. The van der Waals surface area contributed by atoms with Crippen molar-refractivity contribution in [3.05, 3.63) is 11.6 Å². The number of hydrogen-bond acceptors (Lipinski definition) is 0. The molecule has 0 heteroatoms. The molecular weight excluding hydrogens is 204 g/mol. The summed E-state index contributed by atoms with van der Waals surface area (Å²) in [6.07, 6.45) is 6.56. The molecule has 0 aromatic rings. The van der Waals surface area contributed by atoms with Gasteiger partial charge < -0.3 is 0 Å². The van der Waals surface area contributed by atoms with Crippen molar-refractivity contribution in [3.63, 3.8) is 0 Å². The third-order valence-corrected chi connectivity index (χ3v) is 5.08. The van der Waals surface area contributed by atoms with Crippen LogP contribution in [-0.2, 0) is 0 Å². The van der Waals surface area contributed by atoms with Gasteiger partial charge in [-0.1, -0.05) is 67.0 Å². The summed E-state index contributed by atoms with van der Waals surface area (Å²) in [5.41, 5.74) is 2.74. The predicted octanol–water partition coefficient (Wildman–Crippen LogP) is 5.83. The fourth-order valence-corrected chi connectivity index (χ4v) is 2.90. The van der Waals surface area contributed by atoms with Gasteiger partial charge in [-0.3, -0.25) is 0 Å². The first-order valence-corrected chi connectivity index (χ1v) is 7.18. The molecule has 0 aliphatic heterocycles. The summed E-state index contributed by atoms with van der Waals surface area (Å²) in [7, 11) is 0. The van der Waals surface area contributed by atoms with Gasteiger partial charge in [0, 0.05) is 0 Å². The summed E-state index contributed by atoms with van der Waals surface area (Å²) < 4.78 is 0. The van der Waals surface area contributed by atoms with Gasteiger partial charge in [0.1, 0.15) is 0 Å². The molecule has 0 N–H and O–H groups in total. The molecule has 0 aromatic heterocycles. The van der Waals surface area contributed by atoms with Crippen LogP contribution in [0.5, 0.6) is 0 Å². The van der Waals surface area contributed by atoms with Crippen molar-refractivity contribution in [2.45, 2.75) is 74.7 Å². The molecule has 0 heterocycles. The van der Waals surface area contributed by atoms with Gasteiger partial charge in [0.25, 0.3) is 0 Å². The van der Waals surface area contributed by atoms with E-state index in [2.05, 4.69) is 61.5 Å². The smallest absolute Gasteiger partial charge is 0.00932 e. The van der Waals surface area contributed by atoms with Crippen LogP contribution < -0.4 is 0 Å². The van der Waals surface area contributed by atoms with Gasteiger partial charge in [0.05, 0.1) is 0 Å². The summed E-state index contributed by atoms with van der Waals surface area (Å²) in [5, 5.41) is 0. The van der Waals surface area contributed by atoms with Gasteiger partial charge in [-0.05, 0) is 41.4 Å². The average molecular weight is 236 g/mol. The fourth-order valence-electron chi connectivity index (χ4n) is 2.90. The zero-order valence-corrected chi connectivity index (χ0v) is 13.3. The van der Waals surface area contributed by atoms with Crippen molar-refractivity contribution >= 4 is 0 Å². The molecule has 17 heavy (non-hydrogen) atoms. The molecule has 0 saturated heterocycles. The molecule has 0 saturated carbocycles. The minimum Gasteiger partial charge on any atom is -0.0845 e. The van der Waals surface area contributed by atoms with Gasteiger partial charge >= 0.3 is 0 Å². The Morgan fingerprint density at radius 1 is 0.941 bits per heavy atom. The Bertz CT molecular complexity index is 291. The topological polar surface area (TPSA) is 0 Å². The second kappa shape index (κ2) is 4.44. The van der Waals surface area contributed by atoms with Gasteiger partial charge in [-0.15, -0.1) is 0 Å². The van der Waals surface area contributed by atoms with E-state index in [0.717, 1.165) is 5.92 Å². The molecule has 0 radical (unpaired) electrons. The minimum atomic E-state index is 0.297. The molecule has 100 valence electrons. The highest BCUT2D eigenvalue weighted by Crippen LogP contribution is 2.52. The molecule has 1 atom stereocenters. The number of rotatable bonds is 1. The normalized spacial score (nSPS) is 23.5. The van der Waals surface area contributed by atoms with Crippen LogP contribution in [0.2, 0.25) is 0 Å². The minimum absolute atomic E-state index is 0.297. The van der Waals surface area contributed by atoms with Crippen molar-refractivity contribution in [3.8, 4) is 0 Å². The Labute approximate surface area is 109 Å². The van der Waals surface area contributed by atoms with Crippen molar-refractivity contribution in [1.82, 2.24) is 0 Å². The summed E-state index contributed by atoms with van der Waals surface area (Å²) in [4.78, 5) is 0. The second-order valence-electron chi connectivity index (χ2n) is 8.38. The molecule has 0 aromatic carbocycles. The Morgan fingerprint density at radius 3 is 1.88 bits per heavy atom. The largest absolute Gasteiger partial charge is 0.0845 e. The monoisotopic (exact) mass is 236 g/mol. The van der Waals surface area contributed by atoms with E-state index in [9.17, 15) is 0 Å². The first-order valence-electron chi connectivity index (χ1n) is 7.18. The highest BCUT2D eigenvalue weighted by Gasteiger charge is 2.42. The van der Waals surface area contributed by atoms with Crippen LogP contribution >= 0.6 is 0 Å². The zero-order valence-electron chi connectivity index (χ0n) is 13.3. The summed E-state index contributed by atoms with van der Waals surface area (Å²) in [6.45, 7) is 19.2. The molecule has 0 spiro atoms. The van der Waals surface area contributed by atoms with E-state index in [1.807, 2.05) is 0 Å². The van der Waals surface area contributed by atoms with Crippen LogP contribution in [0.3, 0.4) is 0 Å². The molecular formula is C17H32. The van der Waals surface area contributed by atoms with Crippen LogP contribution in [0.1, 0.15) is 74.7 Å². The first-order chi connectivity index (χ1) is 7.48. The van der Waals surface area contributed by atoms with E-state index in [0.29, 0.717) is 16.2 Å². The lowest BCUT2D eigenvalue weighted by atomic mass is 9.56. The van der Waals surface area contributed by atoms with Crippen LogP contribution in [-0.4, -0.2) is 0 Å². The Hall–Kier alpha value is -0.260. The Kier molecular flexibility index (Phi) is 3.87. The molecule has 1 rings (SSSR count). The van der Waals surface area contributed by atoms with Crippen LogP contribution in [0.4, 0.5) is 0 Å². The molecule has 0 fully saturated rings. The van der Waals surface area contributed by atoms with Crippen LogP contribution in [0.25, 0.3) is 0 Å². The van der Waals surface area contributed by atoms with Crippen molar-refractivity contribution in [2.24, 2.45) is 22.2 Å². The SMILES string of the molecule is CC(C)(C)C1CCCC=C1C(C)(C)C(C)(C)C. The molecule has 1 aliphatic carbocycles. The van der Waals surface area contributed by atoms with Gasteiger partial charge in [-0.25, -0.2) is 0 Å². The molecule has 1 unspecified atom stereocenters. The van der Waals surface area contributed by atoms with Gasteiger partial charge in [0.2, 0.25) is 0 Å². The maximum absolute atomic E-state index is 2.55. The quantitative estimate of drug-likeness (QED) is 0.502. The maximum atomic E-state index is 2.55. The summed E-state index contributed by atoms with van der Waals surface area (Å²) in [6, 6.07) is 0. The maximum Gasteiger partial charge on any atom is -0.00932 e. The van der Waals surface area contributed by atoms with E-state index in [-0.39, 0.29) is 0 Å². The third kappa shape index (κ3) is 2.95. The standard InChI is InChI=1S/C17H32/c1-15(2,3)13-11-9-10-12-14(13)17(7,8)16(4,5)6/h12-13H,9-11H2,1-8H3.